The van der Waals surface area contributed by atoms with Crippen molar-refractivity contribution in [1.82, 2.24) is 4.90 Å². The van der Waals surface area contributed by atoms with Gasteiger partial charge in [-0.1, -0.05) is 36.4 Å². The second kappa shape index (κ2) is 7.44. The van der Waals surface area contributed by atoms with Gasteiger partial charge in [0.05, 0.1) is 18.0 Å². The number of rotatable bonds is 5. The summed E-state index contributed by atoms with van der Waals surface area (Å²) in [5, 5.41) is 9.97. The molecular weight excluding hydrogens is 294 g/mol. The molecule has 0 saturated heterocycles. The molecule has 22 heavy (non-hydrogen) atoms. The lowest BCUT2D eigenvalue weighted by molar-refractivity contribution is 0.515. The highest BCUT2D eigenvalue weighted by molar-refractivity contribution is 6.30. The minimum absolute atomic E-state index is 0.592. The first kappa shape index (κ1) is 15.8. The van der Waals surface area contributed by atoms with Crippen LogP contribution in [0.1, 0.15) is 11.1 Å². The smallest absolute Gasteiger partial charge is 0.0995 e. The first-order chi connectivity index (χ1) is 10.6. The van der Waals surface area contributed by atoms with Crippen molar-refractivity contribution in [2.24, 2.45) is 4.99 Å². The Kier molecular flexibility index (Phi) is 5.35. The summed E-state index contributed by atoms with van der Waals surface area (Å²) in [7, 11) is 1.90. The molecule has 0 aliphatic heterocycles. The van der Waals surface area contributed by atoms with Crippen LogP contribution < -0.4 is 0 Å². The van der Waals surface area contributed by atoms with E-state index in [1.54, 1.807) is 6.34 Å². The Bertz CT molecular complexity index is 744. The van der Waals surface area contributed by atoms with Gasteiger partial charge >= 0.3 is 0 Å². The molecule has 0 fully saturated rings. The molecule has 0 radical (unpaired) electrons. The highest BCUT2D eigenvalue weighted by Gasteiger charge is 2.07. The largest absolute Gasteiger partial charge is 0.361 e. The Balaban J connectivity index is 2.36. The molecule has 0 aliphatic rings. The van der Waals surface area contributed by atoms with E-state index in [0.29, 0.717) is 17.1 Å². The Labute approximate surface area is 135 Å². The number of nitrogens with zero attached hydrogens (tertiary/aromatic N) is 3. The molecule has 0 aromatic heterocycles. The predicted octanol–water partition coefficient (Wildman–Crippen LogP) is 4.48. The molecule has 4 heteroatoms. The van der Waals surface area contributed by atoms with Crippen LogP contribution in [0.4, 0.5) is 0 Å². The maximum atomic E-state index is 9.27. The quantitative estimate of drug-likeness (QED) is 0.603. The average molecular weight is 310 g/mol. The molecule has 0 heterocycles. The average Bonchev–Trinajstić information content (AvgIpc) is 2.53. The highest BCUT2D eigenvalue weighted by Crippen LogP contribution is 2.25. The molecule has 2 aromatic rings. The number of halogens is 1. The first-order valence-electron chi connectivity index (χ1n) is 6.77. The van der Waals surface area contributed by atoms with Gasteiger partial charge in [0, 0.05) is 24.8 Å². The van der Waals surface area contributed by atoms with Gasteiger partial charge in [-0.2, -0.15) is 5.26 Å². The van der Waals surface area contributed by atoms with Crippen LogP contribution in [0.5, 0.6) is 0 Å². The SMILES string of the molecule is C=C/N=C\N(C)Cc1cc(-c2cccc(Cl)c2)ccc1C#N. The van der Waals surface area contributed by atoms with Gasteiger partial charge in [-0.15, -0.1) is 0 Å². The standard InChI is InChI=1S/C18H16ClN3/c1-3-21-13-22(2)12-17-9-15(7-8-16(17)11-20)14-5-4-6-18(19)10-14/h3-10,13H,1,12H2,2H3/b21-13-. The second-order valence-electron chi connectivity index (χ2n) is 4.86. The van der Waals surface area contributed by atoms with Crippen molar-refractivity contribution in [3.63, 3.8) is 0 Å². The normalized spacial score (nSPS) is 10.4. The van der Waals surface area contributed by atoms with Crippen molar-refractivity contribution >= 4 is 17.9 Å². The molecule has 3 nitrogen and oxygen atoms in total. The van der Waals surface area contributed by atoms with E-state index in [4.69, 9.17) is 11.6 Å². The zero-order valence-corrected chi connectivity index (χ0v) is 13.1. The Hall–Kier alpha value is -2.57. The molecular formula is C18H16ClN3. The fraction of sp³-hybridized carbons (Fsp3) is 0.111. The summed E-state index contributed by atoms with van der Waals surface area (Å²) in [5.74, 6) is 0. The van der Waals surface area contributed by atoms with Crippen LogP contribution >= 0.6 is 11.6 Å². The Morgan fingerprint density at radius 2 is 2.05 bits per heavy atom. The Morgan fingerprint density at radius 3 is 2.73 bits per heavy atom. The number of nitriles is 1. The van der Waals surface area contributed by atoms with Crippen LogP contribution in [0.3, 0.4) is 0 Å². The first-order valence-corrected chi connectivity index (χ1v) is 7.15. The van der Waals surface area contributed by atoms with E-state index in [1.807, 2.05) is 54.4 Å². The fourth-order valence-corrected chi connectivity index (χ4v) is 2.34. The van der Waals surface area contributed by atoms with E-state index in [-0.39, 0.29) is 0 Å². The number of hydrogen-bond donors (Lipinski definition) is 0. The summed E-state index contributed by atoms with van der Waals surface area (Å²) in [6.07, 6.45) is 3.16. The zero-order chi connectivity index (χ0) is 15.9. The lowest BCUT2D eigenvalue weighted by Crippen LogP contribution is -2.16. The van der Waals surface area contributed by atoms with E-state index in [9.17, 15) is 5.26 Å². The van der Waals surface area contributed by atoms with E-state index in [2.05, 4.69) is 17.6 Å². The van der Waals surface area contributed by atoms with Crippen LogP contribution in [0.25, 0.3) is 11.1 Å². The van der Waals surface area contributed by atoms with Gasteiger partial charge < -0.3 is 4.90 Å². The van der Waals surface area contributed by atoms with Crippen LogP contribution in [0.15, 0.2) is 60.2 Å². The Morgan fingerprint density at radius 1 is 1.27 bits per heavy atom. The van der Waals surface area contributed by atoms with Crippen LogP contribution in [-0.4, -0.2) is 18.3 Å². The maximum Gasteiger partial charge on any atom is 0.0995 e. The van der Waals surface area contributed by atoms with Crippen LogP contribution in [0.2, 0.25) is 5.02 Å². The number of aliphatic imine (C=N–C) groups is 1. The zero-order valence-electron chi connectivity index (χ0n) is 12.3. The molecule has 0 spiro atoms. The van der Waals surface area contributed by atoms with Gasteiger partial charge in [0.25, 0.3) is 0 Å². The molecule has 0 N–H and O–H groups in total. The highest BCUT2D eigenvalue weighted by atomic mass is 35.5. The topological polar surface area (TPSA) is 39.4 Å². The summed E-state index contributed by atoms with van der Waals surface area (Å²) in [4.78, 5) is 5.88. The number of hydrogen-bond acceptors (Lipinski definition) is 2. The van der Waals surface area contributed by atoms with Gasteiger partial charge in [0.1, 0.15) is 0 Å². The predicted molar refractivity (Wildman–Crippen MR) is 91.8 cm³/mol. The lowest BCUT2D eigenvalue weighted by atomic mass is 9.99. The van der Waals surface area contributed by atoms with Crippen LogP contribution in [-0.2, 0) is 6.54 Å². The number of benzene rings is 2. The molecule has 0 amide bonds. The molecule has 0 unspecified atom stereocenters. The van der Waals surface area contributed by atoms with E-state index in [1.165, 1.54) is 6.20 Å². The second-order valence-corrected chi connectivity index (χ2v) is 5.29. The summed E-state index contributed by atoms with van der Waals surface area (Å²) < 4.78 is 0. The molecule has 2 rings (SSSR count). The van der Waals surface area contributed by atoms with E-state index < -0.39 is 0 Å². The molecule has 110 valence electrons. The summed E-state index contributed by atoms with van der Waals surface area (Å²) in [5.41, 5.74) is 3.66. The third-order valence-corrected chi connectivity index (χ3v) is 3.41. The van der Waals surface area contributed by atoms with Gasteiger partial charge in [-0.05, 0) is 41.0 Å². The molecule has 0 bridgehead atoms. The van der Waals surface area contributed by atoms with E-state index >= 15 is 0 Å². The molecule has 0 aliphatic carbocycles. The minimum Gasteiger partial charge on any atom is -0.361 e. The maximum absolute atomic E-state index is 9.27. The van der Waals surface area contributed by atoms with Crippen LogP contribution in [0, 0.1) is 11.3 Å². The summed E-state index contributed by atoms with van der Waals surface area (Å²) in [6, 6.07) is 15.7. The van der Waals surface area contributed by atoms with Crippen molar-refractivity contribution in [2.75, 3.05) is 7.05 Å². The summed E-state index contributed by atoms with van der Waals surface area (Å²) >= 11 is 6.05. The van der Waals surface area contributed by atoms with Gasteiger partial charge in [0.2, 0.25) is 0 Å². The fourth-order valence-electron chi connectivity index (χ4n) is 2.15. The van der Waals surface area contributed by atoms with Crippen molar-refractivity contribution < 1.29 is 0 Å². The van der Waals surface area contributed by atoms with Crippen molar-refractivity contribution in [2.45, 2.75) is 6.54 Å². The molecule has 2 aromatic carbocycles. The molecule has 0 saturated carbocycles. The van der Waals surface area contributed by atoms with Crippen molar-refractivity contribution in [3.05, 3.63) is 71.4 Å². The van der Waals surface area contributed by atoms with Gasteiger partial charge in [-0.25, -0.2) is 4.99 Å². The van der Waals surface area contributed by atoms with Crippen molar-refractivity contribution in [1.29, 1.82) is 5.26 Å². The lowest BCUT2D eigenvalue weighted by Gasteiger charge is -2.15. The molecule has 0 atom stereocenters. The van der Waals surface area contributed by atoms with E-state index in [0.717, 1.165) is 16.7 Å². The van der Waals surface area contributed by atoms with Crippen molar-refractivity contribution in [3.8, 4) is 17.2 Å². The van der Waals surface area contributed by atoms with Gasteiger partial charge in [-0.3, -0.25) is 0 Å². The third kappa shape index (κ3) is 3.97. The minimum atomic E-state index is 0.592. The van der Waals surface area contributed by atoms with Gasteiger partial charge in [0.15, 0.2) is 0 Å². The third-order valence-electron chi connectivity index (χ3n) is 3.17. The monoisotopic (exact) mass is 309 g/mol. The summed E-state index contributed by atoms with van der Waals surface area (Å²) in [6.45, 7) is 4.14.